The molecule has 0 spiro atoms. The molecule has 0 rings (SSSR count). The monoisotopic (exact) mass is 217 g/mol. The van der Waals surface area contributed by atoms with Gasteiger partial charge in [0.2, 0.25) is 0 Å². The van der Waals surface area contributed by atoms with Gasteiger partial charge in [0, 0.05) is 5.71 Å². The van der Waals surface area contributed by atoms with Crippen molar-refractivity contribution in [2.24, 2.45) is 4.99 Å². The molecule has 1 nitrogen and oxygen atoms in total. The summed E-state index contributed by atoms with van der Waals surface area (Å²) >= 11 is 6.44. The Labute approximate surface area is 94.0 Å². The number of alkyl halides is 1. The first-order valence-corrected chi connectivity index (χ1v) is 5.82. The fourth-order valence-corrected chi connectivity index (χ4v) is 1.49. The summed E-state index contributed by atoms with van der Waals surface area (Å²) in [6.07, 6.45) is 3.36. The molecule has 0 N–H and O–H groups in total. The van der Waals surface area contributed by atoms with Crippen molar-refractivity contribution in [1.29, 1.82) is 0 Å². The zero-order chi connectivity index (χ0) is 11.4. The van der Waals surface area contributed by atoms with Crippen LogP contribution in [-0.4, -0.2) is 16.1 Å². The van der Waals surface area contributed by atoms with Crippen LogP contribution in [0.1, 0.15) is 60.8 Å². The van der Waals surface area contributed by atoms with Crippen LogP contribution in [0, 0.1) is 0 Å². The second-order valence-electron chi connectivity index (χ2n) is 5.17. The van der Waals surface area contributed by atoms with Gasteiger partial charge in [-0.2, -0.15) is 0 Å². The van der Waals surface area contributed by atoms with Crippen molar-refractivity contribution in [2.75, 3.05) is 0 Å². The van der Waals surface area contributed by atoms with E-state index in [0.29, 0.717) is 0 Å². The van der Waals surface area contributed by atoms with Gasteiger partial charge in [-0.25, -0.2) is 0 Å². The molecule has 0 aliphatic rings. The van der Waals surface area contributed by atoms with Gasteiger partial charge in [0.05, 0.1) is 10.4 Å². The Morgan fingerprint density at radius 2 is 1.71 bits per heavy atom. The topological polar surface area (TPSA) is 12.4 Å². The van der Waals surface area contributed by atoms with Crippen molar-refractivity contribution in [3.8, 4) is 0 Å². The van der Waals surface area contributed by atoms with Crippen LogP contribution < -0.4 is 0 Å². The molecule has 84 valence electrons. The van der Waals surface area contributed by atoms with E-state index in [4.69, 9.17) is 11.6 Å². The van der Waals surface area contributed by atoms with Gasteiger partial charge in [-0.3, -0.25) is 4.99 Å². The molecular formula is C12H24ClN. The molecule has 0 aromatic heterocycles. The minimum Gasteiger partial charge on any atom is -0.287 e. The second-order valence-corrected chi connectivity index (χ2v) is 6.00. The van der Waals surface area contributed by atoms with Crippen LogP contribution in [-0.2, 0) is 0 Å². The summed E-state index contributed by atoms with van der Waals surface area (Å²) in [5, 5.41) is 0. The summed E-state index contributed by atoms with van der Waals surface area (Å²) in [6.45, 7) is 12.6. The van der Waals surface area contributed by atoms with E-state index in [9.17, 15) is 0 Å². The fraction of sp³-hybridized carbons (Fsp3) is 0.917. The lowest BCUT2D eigenvalue weighted by Gasteiger charge is -2.25. The van der Waals surface area contributed by atoms with E-state index in [2.05, 4.69) is 39.6 Å². The number of hydrogen-bond donors (Lipinski definition) is 0. The van der Waals surface area contributed by atoms with Crippen LogP contribution in [0.5, 0.6) is 0 Å². The summed E-state index contributed by atoms with van der Waals surface area (Å²) in [6, 6.07) is 0. The minimum atomic E-state index is -0.261. The smallest absolute Gasteiger partial charge is 0.0791 e. The fourth-order valence-electron chi connectivity index (χ4n) is 1.31. The zero-order valence-corrected chi connectivity index (χ0v) is 11.2. The summed E-state index contributed by atoms with van der Waals surface area (Å²) < 4.78 is 0. The summed E-state index contributed by atoms with van der Waals surface area (Å²) in [7, 11) is 0. The van der Waals surface area contributed by atoms with Crippen LogP contribution in [0.2, 0.25) is 0 Å². The van der Waals surface area contributed by atoms with Gasteiger partial charge < -0.3 is 0 Å². The Balaban J connectivity index is 4.49. The molecule has 0 saturated heterocycles. The van der Waals surface area contributed by atoms with Gasteiger partial charge in [0.25, 0.3) is 0 Å². The molecule has 2 heteroatoms. The predicted molar refractivity (Wildman–Crippen MR) is 66.6 cm³/mol. The third-order valence-electron chi connectivity index (χ3n) is 2.26. The number of rotatable bonds is 4. The highest BCUT2D eigenvalue weighted by molar-refractivity contribution is 6.35. The van der Waals surface area contributed by atoms with Crippen molar-refractivity contribution in [2.45, 2.75) is 71.2 Å². The average molecular weight is 218 g/mol. The number of hydrogen-bond acceptors (Lipinski definition) is 1. The quantitative estimate of drug-likeness (QED) is 0.488. The van der Waals surface area contributed by atoms with Crippen molar-refractivity contribution in [3.63, 3.8) is 0 Å². The molecule has 0 aliphatic heterocycles. The summed E-state index contributed by atoms with van der Waals surface area (Å²) in [5.41, 5.74) is 1.03. The first-order chi connectivity index (χ1) is 6.19. The number of aliphatic imine (C=N–C) groups is 1. The Hall–Kier alpha value is -0.0400. The van der Waals surface area contributed by atoms with E-state index >= 15 is 0 Å². The van der Waals surface area contributed by atoms with Crippen LogP contribution in [0.3, 0.4) is 0 Å². The number of unbranched alkanes of at least 4 members (excludes halogenated alkanes) is 1. The van der Waals surface area contributed by atoms with Gasteiger partial charge in [0.15, 0.2) is 0 Å². The van der Waals surface area contributed by atoms with Gasteiger partial charge in [-0.15, -0.1) is 11.6 Å². The molecule has 0 bridgehead atoms. The number of nitrogens with zero attached hydrogens (tertiary/aromatic N) is 1. The Morgan fingerprint density at radius 3 is 2.07 bits per heavy atom. The van der Waals surface area contributed by atoms with E-state index in [0.717, 1.165) is 18.6 Å². The Bertz CT molecular complexity index is 199. The van der Waals surface area contributed by atoms with Crippen LogP contribution >= 0.6 is 11.6 Å². The van der Waals surface area contributed by atoms with E-state index in [1.165, 1.54) is 6.42 Å². The molecule has 0 amide bonds. The molecule has 1 unspecified atom stereocenters. The highest BCUT2D eigenvalue weighted by atomic mass is 35.5. The van der Waals surface area contributed by atoms with Gasteiger partial charge >= 0.3 is 0 Å². The maximum Gasteiger partial charge on any atom is 0.0791 e. The molecule has 0 saturated carbocycles. The van der Waals surface area contributed by atoms with E-state index in [1.54, 1.807) is 0 Å². The van der Waals surface area contributed by atoms with Gasteiger partial charge in [0.1, 0.15) is 0 Å². The van der Waals surface area contributed by atoms with Crippen LogP contribution in [0.15, 0.2) is 4.99 Å². The normalized spacial score (nSPS) is 18.1. The second kappa shape index (κ2) is 5.16. The maximum absolute atomic E-state index is 6.44. The third-order valence-corrected chi connectivity index (χ3v) is 2.72. The SMILES string of the molecule is CCCCC(C)(Cl)C(C)=NC(C)(C)C. The molecule has 0 aliphatic carbocycles. The maximum atomic E-state index is 6.44. The van der Waals surface area contributed by atoms with Crippen LogP contribution in [0.4, 0.5) is 0 Å². The minimum absolute atomic E-state index is 0.0214. The summed E-state index contributed by atoms with van der Waals surface area (Å²) in [5.74, 6) is 0. The summed E-state index contributed by atoms with van der Waals surface area (Å²) in [4.78, 5) is 4.36. The Morgan fingerprint density at radius 1 is 1.21 bits per heavy atom. The van der Waals surface area contributed by atoms with E-state index in [1.807, 2.05) is 6.92 Å². The predicted octanol–water partition coefficient (Wildman–Crippen LogP) is 4.43. The molecule has 0 heterocycles. The first-order valence-electron chi connectivity index (χ1n) is 5.45. The lowest BCUT2D eigenvalue weighted by Crippen LogP contribution is -2.29. The standard InChI is InChI=1S/C12H24ClN/c1-7-8-9-12(6,13)10(2)14-11(3,4)5/h7-9H2,1-6H3. The third kappa shape index (κ3) is 5.64. The highest BCUT2D eigenvalue weighted by Gasteiger charge is 2.25. The van der Waals surface area contributed by atoms with E-state index in [-0.39, 0.29) is 10.4 Å². The molecule has 0 fully saturated rings. The zero-order valence-electron chi connectivity index (χ0n) is 10.4. The highest BCUT2D eigenvalue weighted by Crippen LogP contribution is 2.25. The van der Waals surface area contributed by atoms with Crippen LogP contribution in [0.25, 0.3) is 0 Å². The first kappa shape index (κ1) is 14.0. The van der Waals surface area contributed by atoms with E-state index < -0.39 is 0 Å². The molecule has 14 heavy (non-hydrogen) atoms. The molecule has 0 aromatic rings. The molecule has 0 radical (unpaired) electrons. The molecule has 0 aromatic carbocycles. The number of halogens is 1. The lowest BCUT2D eigenvalue weighted by molar-refractivity contribution is 0.569. The average Bonchev–Trinajstić information content (AvgIpc) is 1.97. The van der Waals surface area contributed by atoms with Crippen molar-refractivity contribution in [1.82, 2.24) is 0 Å². The van der Waals surface area contributed by atoms with Gasteiger partial charge in [-0.05, 0) is 41.0 Å². The largest absolute Gasteiger partial charge is 0.287 e. The van der Waals surface area contributed by atoms with Crippen molar-refractivity contribution >= 4 is 17.3 Å². The van der Waals surface area contributed by atoms with Crippen molar-refractivity contribution in [3.05, 3.63) is 0 Å². The van der Waals surface area contributed by atoms with Gasteiger partial charge in [-0.1, -0.05) is 19.8 Å². The Kier molecular flexibility index (Phi) is 5.14. The molecular weight excluding hydrogens is 194 g/mol. The lowest BCUT2D eigenvalue weighted by atomic mass is 9.97. The van der Waals surface area contributed by atoms with Crippen molar-refractivity contribution < 1.29 is 0 Å². The molecule has 1 atom stereocenters.